The van der Waals surface area contributed by atoms with Gasteiger partial charge in [-0.2, -0.15) is 5.10 Å². The van der Waals surface area contributed by atoms with E-state index < -0.39 is 0 Å². The number of thiazole rings is 1. The van der Waals surface area contributed by atoms with E-state index >= 15 is 0 Å². The van der Waals surface area contributed by atoms with Crippen LogP contribution in [0.15, 0.2) is 24.4 Å². The van der Waals surface area contributed by atoms with Gasteiger partial charge in [-0.3, -0.25) is 9.48 Å². The van der Waals surface area contributed by atoms with Gasteiger partial charge in [0.05, 0.1) is 27.1 Å². The minimum atomic E-state index is -0.257. The average Bonchev–Trinajstić information content (AvgIpc) is 2.99. The molecule has 3 N–H and O–H groups in total. The maximum absolute atomic E-state index is 12.4. The van der Waals surface area contributed by atoms with Crippen LogP contribution in [0.1, 0.15) is 22.4 Å². The number of fused-ring (bicyclic) bond motifs is 1. The number of hydrogen-bond donors (Lipinski definition) is 2. The summed E-state index contributed by atoms with van der Waals surface area (Å²) in [6, 6.07) is 5.65. The molecule has 0 spiro atoms. The molecule has 1 aromatic carbocycles. The van der Waals surface area contributed by atoms with E-state index in [4.69, 9.17) is 5.73 Å². The predicted molar refractivity (Wildman–Crippen MR) is 84.6 cm³/mol. The van der Waals surface area contributed by atoms with E-state index in [9.17, 15) is 4.79 Å². The molecule has 0 saturated carbocycles. The van der Waals surface area contributed by atoms with Crippen LogP contribution in [0, 0.1) is 6.92 Å². The average molecular weight is 301 g/mol. The second-order valence-corrected chi connectivity index (χ2v) is 5.87. The van der Waals surface area contributed by atoms with Gasteiger partial charge in [-0.1, -0.05) is 0 Å². The zero-order valence-corrected chi connectivity index (χ0v) is 12.6. The Kier molecular flexibility index (Phi) is 3.34. The highest BCUT2D eigenvalue weighted by molar-refractivity contribution is 7.18. The molecule has 0 unspecified atom stereocenters. The van der Waals surface area contributed by atoms with Crippen LogP contribution in [0.5, 0.6) is 0 Å². The van der Waals surface area contributed by atoms with E-state index in [2.05, 4.69) is 15.4 Å². The fraction of sp³-hybridized carbons (Fsp3) is 0.214. The number of benzene rings is 1. The van der Waals surface area contributed by atoms with Crippen LogP contribution in [0.4, 0.5) is 11.4 Å². The molecule has 0 saturated heterocycles. The topological polar surface area (TPSA) is 85.8 Å². The number of nitrogens with zero attached hydrogens (tertiary/aromatic N) is 3. The van der Waals surface area contributed by atoms with Crippen molar-refractivity contribution >= 4 is 38.8 Å². The Morgan fingerprint density at radius 2 is 2.29 bits per heavy atom. The molecule has 7 heteroatoms. The summed E-state index contributed by atoms with van der Waals surface area (Å²) in [5.74, 6) is -0.257. The van der Waals surface area contributed by atoms with Gasteiger partial charge in [-0.25, -0.2) is 4.98 Å². The number of anilines is 2. The maximum atomic E-state index is 12.4. The van der Waals surface area contributed by atoms with Gasteiger partial charge in [0.1, 0.15) is 5.69 Å². The number of hydrogen-bond acceptors (Lipinski definition) is 5. The minimum absolute atomic E-state index is 0.257. The summed E-state index contributed by atoms with van der Waals surface area (Å²) in [6.45, 7) is 4.46. The van der Waals surface area contributed by atoms with E-state index in [1.165, 1.54) is 6.20 Å². The van der Waals surface area contributed by atoms with Gasteiger partial charge in [0.2, 0.25) is 0 Å². The van der Waals surface area contributed by atoms with Gasteiger partial charge >= 0.3 is 0 Å². The van der Waals surface area contributed by atoms with Crippen molar-refractivity contribution in [3.05, 3.63) is 35.1 Å². The van der Waals surface area contributed by atoms with E-state index in [1.54, 1.807) is 16.0 Å². The molecule has 3 aromatic rings. The first-order chi connectivity index (χ1) is 10.1. The Hall–Kier alpha value is -2.41. The zero-order chi connectivity index (χ0) is 15.0. The molecule has 1 amide bonds. The van der Waals surface area contributed by atoms with Gasteiger partial charge in [0.25, 0.3) is 5.91 Å². The smallest absolute Gasteiger partial charge is 0.276 e. The Labute approximate surface area is 125 Å². The van der Waals surface area contributed by atoms with E-state index in [1.807, 2.05) is 32.0 Å². The third-order valence-electron chi connectivity index (χ3n) is 3.14. The van der Waals surface area contributed by atoms with E-state index in [-0.39, 0.29) is 5.91 Å². The SMILES string of the molecule is CCn1ncc(N)c1C(=O)Nc1ccc2nc(C)sc2c1. The summed E-state index contributed by atoms with van der Waals surface area (Å²) >= 11 is 1.60. The summed E-state index contributed by atoms with van der Waals surface area (Å²) in [5.41, 5.74) is 8.24. The first-order valence-electron chi connectivity index (χ1n) is 6.58. The molecular formula is C14H15N5OS. The van der Waals surface area contributed by atoms with Crippen molar-refractivity contribution in [2.24, 2.45) is 0 Å². The monoisotopic (exact) mass is 301 g/mol. The number of carbonyl (C=O) groups is 1. The van der Waals surface area contributed by atoms with Crippen LogP contribution in [0.2, 0.25) is 0 Å². The van der Waals surface area contributed by atoms with E-state index in [0.29, 0.717) is 17.9 Å². The second-order valence-electron chi connectivity index (χ2n) is 4.63. The maximum Gasteiger partial charge on any atom is 0.276 e. The molecular weight excluding hydrogens is 286 g/mol. The van der Waals surface area contributed by atoms with Crippen LogP contribution < -0.4 is 11.1 Å². The van der Waals surface area contributed by atoms with Crippen molar-refractivity contribution in [3.63, 3.8) is 0 Å². The largest absolute Gasteiger partial charge is 0.396 e. The number of nitrogen functional groups attached to an aromatic ring is 1. The lowest BCUT2D eigenvalue weighted by Gasteiger charge is -2.07. The number of aromatic nitrogens is 3. The molecule has 6 nitrogen and oxygen atoms in total. The van der Waals surface area contributed by atoms with E-state index in [0.717, 1.165) is 20.9 Å². The third kappa shape index (κ3) is 2.47. The number of nitrogens with two attached hydrogens (primary N) is 1. The zero-order valence-electron chi connectivity index (χ0n) is 11.8. The fourth-order valence-electron chi connectivity index (χ4n) is 2.20. The number of carbonyl (C=O) groups excluding carboxylic acids is 1. The molecule has 0 fully saturated rings. The second kappa shape index (κ2) is 5.17. The van der Waals surface area contributed by atoms with Crippen LogP contribution in [0.3, 0.4) is 0 Å². The van der Waals surface area contributed by atoms with Crippen molar-refractivity contribution in [1.29, 1.82) is 0 Å². The van der Waals surface area contributed by atoms with Gasteiger partial charge in [0, 0.05) is 12.2 Å². The van der Waals surface area contributed by atoms with Gasteiger partial charge < -0.3 is 11.1 Å². The first kappa shape index (κ1) is 13.6. The van der Waals surface area contributed by atoms with Crippen LogP contribution in [-0.4, -0.2) is 20.7 Å². The molecule has 0 radical (unpaired) electrons. The first-order valence-corrected chi connectivity index (χ1v) is 7.40. The Morgan fingerprint density at radius 3 is 3.05 bits per heavy atom. The highest BCUT2D eigenvalue weighted by Crippen LogP contribution is 2.25. The lowest BCUT2D eigenvalue weighted by atomic mass is 10.2. The van der Waals surface area contributed by atoms with Crippen molar-refractivity contribution in [2.75, 3.05) is 11.1 Å². The predicted octanol–water partition coefficient (Wildman–Crippen LogP) is 2.66. The fourth-order valence-corrected chi connectivity index (χ4v) is 3.06. The highest BCUT2D eigenvalue weighted by Gasteiger charge is 2.16. The molecule has 0 aliphatic rings. The molecule has 0 bridgehead atoms. The number of aryl methyl sites for hydroxylation is 2. The standard InChI is InChI=1S/C14H15N5OS/c1-3-19-13(10(15)7-16-19)14(20)18-9-4-5-11-12(6-9)21-8(2)17-11/h4-7H,3,15H2,1-2H3,(H,18,20). The third-order valence-corrected chi connectivity index (χ3v) is 4.07. The number of nitrogens with one attached hydrogen (secondary N) is 1. The molecule has 2 aromatic heterocycles. The molecule has 0 aliphatic carbocycles. The normalized spacial score (nSPS) is 11.0. The van der Waals surface area contributed by atoms with Crippen molar-refractivity contribution in [3.8, 4) is 0 Å². The quantitative estimate of drug-likeness (QED) is 0.778. The summed E-state index contributed by atoms with van der Waals surface area (Å²) in [7, 11) is 0. The van der Waals surface area contributed by atoms with Crippen molar-refractivity contribution in [1.82, 2.24) is 14.8 Å². The van der Waals surface area contributed by atoms with Crippen molar-refractivity contribution < 1.29 is 4.79 Å². The summed E-state index contributed by atoms with van der Waals surface area (Å²) in [5, 5.41) is 7.94. The Bertz CT molecular complexity index is 820. The van der Waals surface area contributed by atoms with Crippen LogP contribution in [0.25, 0.3) is 10.2 Å². The highest BCUT2D eigenvalue weighted by atomic mass is 32.1. The minimum Gasteiger partial charge on any atom is -0.396 e. The molecule has 108 valence electrons. The summed E-state index contributed by atoms with van der Waals surface area (Å²) in [6.07, 6.45) is 1.49. The number of rotatable bonds is 3. The van der Waals surface area contributed by atoms with Gasteiger partial charge in [-0.15, -0.1) is 11.3 Å². The Balaban J connectivity index is 1.90. The summed E-state index contributed by atoms with van der Waals surface area (Å²) < 4.78 is 2.63. The Morgan fingerprint density at radius 1 is 1.48 bits per heavy atom. The number of amides is 1. The van der Waals surface area contributed by atoms with Gasteiger partial charge in [-0.05, 0) is 32.0 Å². The van der Waals surface area contributed by atoms with Gasteiger partial charge in [0.15, 0.2) is 0 Å². The lowest BCUT2D eigenvalue weighted by Crippen LogP contribution is -2.18. The van der Waals surface area contributed by atoms with Crippen LogP contribution >= 0.6 is 11.3 Å². The van der Waals surface area contributed by atoms with Crippen molar-refractivity contribution in [2.45, 2.75) is 20.4 Å². The molecule has 3 rings (SSSR count). The van der Waals surface area contributed by atoms with Crippen LogP contribution in [-0.2, 0) is 6.54 Å². The molecule has 0 aliphatic heterocycles. The molecule has 21 heavy (non-hydrogen) atoms. The molecule has 2 heterocycles. The molecule has 0 atom stereocenters. The summed E-state index contributed by atoms with van der Waals surface area (Å²) in [4.78, 5) is 16.7. The lowest BCUT2D eigenvalue weighted by molar-refractivity contribution is 0.101.